The van der Waals surface area contributed by atoms with Gasteiger partial charge < -0.3 is 13.6 Å². The van der Waals surface area contributed by atoms with Crippen molar-refractivity contribution in [2.75, 3.05) is 0 Å². The average molecular weight is 207 g/mol. The first-order valence-electron chi connectivity index (χ1n) is 4.37. The number of ether oxygens (including phenoxy) is 1. The summed E-state index contributed by atoms with van der Waals surface area (Å²) in [6.07, 6.45) is 3.03. The van der Waals surface area contributed by atoms with Crippen LogP contribution < -0.4 is 0 Å². The second kappa shape index (κ2) is 4.00. The predicted octanol–water partition coefficient (Wildman–Crippen LogP) is 2.00. The van der Waals surface area contributed by atoms with Crippen molar-refractivity contribution < 1.29 is 18.4 Å². The molecule has 0 spiro atoms. The summed E-state index contributed by atoms with van der Waals surface area (Å²) in [5, 5.41) is 0. The van der Waals surface area contributed by atoms with Crippen LogP contribution in [0, 0.1) is 0 Å². The number of rotatable bonds is 3. The Balaban J connectivity index is 2.08. The number of furan rings is 1. The zero-order chi connectivity index (χ0) is 10.7. The van der Waals surface area contributed by atoms with Gasteiger partial charge in [-0.3, -0.25) is 4.79 Å². The Labute approximate surface area is 85.7 Å². The molecule has 78 valence electrons. The fraction of sp³-hybridized carbons (Fsp3) is 0.200. The minimum absolute atomic E-state index is 0.0864. The molecule has 2 heterocycles. The van der Waals surface area contributed by atoms with E-state index in [9.17, 15) is 4.79 Å². The highest BCUT2D eigenvalue weighted by Crippen LogP contribution is 2.19. The number of hydrogen-bond acceptors (Lipinski definition) is 5. The van der Waals surface area contributed by atoms with Crippen molar-refractivity contribution in [2.45, 2.75) is 13.5 Å². The summed E-state index contributed by atoms with van der Waals surface area (Å²) >= 11 is 0. The van der Waals surface area contributed by atoms with Crippen LogP contribution in [0.15, 0.2) is 33.4 Å². The van der Waals surface area contributed by atoms with E-state index in [4.69, 9.17) is 13.6 Å². The molecule has 0 atom stereocenters. The van der Waals surface area contributed by atoms with Crippen LogP contribution in [-0.2, 0) is 16.1 Å². The molecule has 2 aromatic rings. The SMILES string of the molecule is CC(=O)OCc1cnc(-c2ccco2)o1. The lowest BCUT2D eigenvalue weighted by Gasteiger charge is -1.95. The number of carbonyl (C=O) groups is 1. The van der Waals surface area contributed by atoms with Crippen LogP contribution in [0.3, 0.4) is 0 Å². The standard InChI is InChI=1S/C10H9NO4/c1-7(12)14-6-8-5-11-10(15-8)9-3-2-4-13-9/h2-5H,6H2,1H3. The Bertz CT molecular complexity index is 444. The number of oxazole rings is 1. The highest BCUT2D eigenvalue weighted by atomic mass is 16.5. The number of esters is 1. The van der Waals surface area contributed by atoms with Crippen molar-refractivity contribution in [1.29, 1.82) is 0 Å². The fourth-order valence-corrected chi connectivity index (χ4v) is 1.06. The third-order valence-corrected chi connectivity index (χ3v) is 1.70. The summed E-state index contributed by atoms with van der Waals surface area (Å²) in [6, 6.07) is 3.48. The predicted molar refractivity (Wildman–Crippen MR) is 49.7 cm³/mol. The zero-order valence-corrected chi connectivity index (χ0v) is 8.10. The van der Waals surface area contributed by atoms with Crippen molar-refractivity contribution in [3.05, 3.63) is 30.4 Å². The summed E-state index contributed by atoms with van der Waals surface area (Å²) in [6.45, 7) is 1.42. The molecule has 2 aromatic heterocycles. The first-order chi connectivity index (χ1) is 7.25. The van der Waals surface area contributed by atoms with E-state index in [2.05, 4.69) is 4.98 Å². The fourth-order valence-electron chi connectivity index (χ4n) is 1.06. The Kier molecular flexibility index (Phi) is 2.53. The monoisotopic (exact) mass is 207 g/mol. The van der Waals surface area contributed by atoms with Crippen molar-refractivity contribution in [3.63, 3.8) is 0 Å². The van der Waals surface area contributed by atoms with E-state index < -0.39 is 0 Å². The molecule has 0 bridgehead atoms. The van der Waals surface area contributed by atoms with Crippen LogP contribution >= 0.6 is 0 Å². The minimum Gasteiger partial charge on any atom is -0.459 e. The summed E-state index contributed by atoms with van der Waals surface area (Å²) in [7, 11) is 0. The molecule has 0 saturated carbocycles. The second-order valence-corrected chi connectivity index (χ2v) is 2.89. The summed E-state index contributed by atoms with van der Waals surface area (Å²) in [5.74, 6) is 1.05. The maximum Gasteiger partial charge on any atom is 0.303 e. The third kappa shape index (κ3) is 2.25. The van der Waals surface area contributed by atoms with Gasteiger partial charge in [0.1, 0.15) is 0 Å². The maximum absolute atomic E-state index is 10.5. The molecule has 0 unspecified atom stereocenters. The molecule has 5 heteroatoms. The molecule has 2 rings (SSSR count). The number of aromatic nitrogens is 1. The minimum atomic E-state index is -0.356. The van der Waals surface area contributed by atoms with Gasteiger partial charge in [0.25, 0.3) is 5.89 Å². The van der Waals surface area contributed by atoms with Crippen LogP contribution in [0.1, 0.15) is 12.7 Å². The molecule has 0 aliphatic carbocycles. The zero-order valence-electron chi connectivity index (χ0n) is 8.10. The van der Waals surface area contributed by atoms with Gasteiger partial charge >= 0.3 is 5.97 Å². The molecule has 0 saturated heterocycles. The molecule has 15 heavy (non-hydrogen) atoms. The van der Waals surface area contributed by atoms with E-state index in [0.717, 1.165) is 0 Å². The van der Waals surface area contributed by atoms with Gasteiger partial charge in [-0.05, 0) is 12.1 Å². The third-order valence-electron chi connectivity index (χ3n) is 1.70. The molecular formula is C10H9NO4. The van der Waals surface area contributed by atoms with Crippen LogP contribution in [-0.4, -0.2) is 11.0 Å². The van der Waals surface area contributed by atoms with E-state index in [0.29, 0.717) is 17.4 Å². The van der Waals surface area contributed by atoms with Crippen LogP contribution in [0.5, 0.6) is 0 Å². The molecule has 0 aliphatic heterocycles. The van der Waals surface area contributed by atoms with Crippen molar-refractivity contribution in [3.8, 4) is 11.7 Å². The maximum atomic E-state index is 10.5. The Morgan fingerprint density at radius 3 is 3.13 bits per heavy atom. The number of carbonyl (C=O) groups excluding carboxylic acids is 1. The normalized spacial score (nSPS) is 10.2. The van der Waals surface area contributed by atoms with Gasteiger partial charge in [-0.1, -0.05) is 0 Å². The van der Waals surface area contributed by atoms with Crippen molar-refractivity contribution in [1.82, 2.24) is 4.98 Å². The van der Waals surface area contributed by atoms with Crippen molar-refractivity contribution >= 4 is 5.97 Å². The van der Waals surface area contributed by atoms with Crippen LogP contribution in [0.2, 0.25) is 0 Å². The smallest absolute Gasteiger partial charge is 0.303 e. The summed E-state index contributed by atoms with van der Waals surface area (Å²) in [4.78, 5) is 14.5. The quantitative estimate of drug-likeness (QED) is 0.720. The lowest BCUT2D eigenvalue weighted by molar-refractivity contribution is -0.142. The topological polar surface area (TPSA) is 65.5 Å². The Hall–Kier alpha value is -2.04. The number of nitrogens with zero attached hydrogens (tertiary/aromatic N) is 1. The largest absolute Gasteiger partial charge is 0.459 e. The van der Waals surface area contributed by atoms with Gasteiger partial charge in [0, 0.05) is 6.92 Å². The van der Waals surface area contributed by atoms with Gasteiger partial charge in [-0.2, -0.15) is 0 Å². The molecular weight excluding hydrogens is 198 g/mol. The van der Waals surface area contributed by atoms with Crippen LogP contribution in [0.4, 0.5) is 0 Å². The Morgan fingerprint density at radius 1 is 1.60 bits per heavy atom. The summed E-state index contributed by atoms with van der Waals surface area (Å²) < 4.78 is 15.1. The molecule has 0 fully saturated rings. The van der Waals surface area contributed by atoms with E-state index in [-0.39, 0.29) is 12.6 Å². The average Bonchev–Trinajstić information content (AvgIpc) is 2.85. The summed E-state index contributed by atoms with van der Waals surface area (Å²) in [5.41, 5.74) is 0. The van der Waals surface area contributed by atoms with Gasteiger partial charge in [-0.15, -0.1) is 0 Å². The first-order valence-corrected chi connectivity index (χ1v) is 4.37. The van der Waals surface area contributed by atoms with E-state index >= 15 is 0 Å². The molecule has 0 amide bonds. The molecule has 0 N–H and O–H groups in total. The van der Waals surface area contributed by atoms with E-state index in [1.165, 1.54) is 19.4 Å². The number of hydrogen-bond donors (Lipinski definition) is 0. The molecule has 0 aromatic carbocycles. The highest BCUT2D eigenvalue weighted by Gasteiger charge is 2.09. The lowest BCUT2D eigenvalue weighted by Crippen LogP contribution is -1.97. The highest BCUT2D eigenvalue weighted by molar-refractivity contribution is 5.65. The van der Waals surface area contributed by atoms with Gasteiger partial charge in [0.15, 0.2) is 18.1 Å². The van der Waals surface area contributed by atoms with Crippen LogP contribution in [0.25, 0.3) is 11.7 Å². The molecule has 0 aliphatic rings. The lowest BCUT2D eigenvalue weighted by atomic mass is 10.4. The van der Waals surface area contributed by atoms with E-state index in [1.54, 1.807) is 12.1 Å². The van der Waals surface area contributed by atoms with Gasteiger partial charge in [0.2, 0.25) is 0 Å². The van der Waals surface area contributed by atoms with Gasteiger partial charge in [-0.25, -0.2) is 4.98 Å². The van der Waals surface area contributed by atoms with Crippen molar-refractivity contribution in [2.24, 2.45) is 0 Å². The second-order valence-electron chi connectivity index (χ2n) is 2.89. The molecule has 5 nitrogen and oxygen atoms in total. The van der Waals surface area contributed by atoms with Gasteiger partial charge in [0.05, 0.1) is 12.5 Å². The molecule has 0 radical (unpaired) electrons. The Morgan fingerprint density at radius 2 is 2.47 bits per heavy atom. The van der Waals surface area contributed by atoms with E-state index in [1.807, 2.05) is 0 Å². The first kappa shape index (κ1) is 9.51.